The fourth-order valence-corrected chi connectivity index (χ4v) is 2.94. The van der Waals surface area contributed by atoms with Crippen LogP contribution in [-0.2, 0) is 22.8 Å². The number of nitrogens with two attached hydrogens (primary N) is 1. The zero-order valence-corrected chi connectivity index (χ0v) is 18.8. The van der Waals surface area contributed by atoms with Crippen LogP contribution in [0.2, 0.25) is 0 Å². The van der Waals surface area contributed by atoms with Crippen LogP contribution in [0.1, 0.15) is 23.6 Å². The Kier molecular flexibility index (Phi) is 8.64. The van der Waals surface area contributed by atoms with E-state index in [2.05, 4.69) is 10.1 Å². The van der Waals surface area contributed by atoms with Gasteiger partial charge in [-0.1, -0.05) is 35.5 Å². The molecule has 0 unspecified atom stereocenters. The summed E-state index contributed by atoms with van der Waals surface area (Å²) in [5.41, 5.74) is 8.60. The van der Waals surface area contributed by atoms with Crippen LogP contribution in [0.5, 0.6) is 11.5 Å². The van der Waals surface area contributed by atoms with Crippen LogP contribution in [0.3, 0.4) is 0 Å². The first-order chi connectivity index (χ1) is 16.0. The summed E-state index contributed by atoms with van der Waals surface area (Å²) in [6.45, 7) is 3.17. The molecular formula is C25H28N4O4. The zero-order valence-electron chi connectivity index (χ0n) is 18.8. The minimum Gasteiger partial charge on any atom is -0.494 e. The van der Waals surface area contributed by atoms with E-state index in [1.165, 1.54) is 0 Å². The second kappa shape index (κ2) is 12.1. The van der Waals surface area contributed by atoms with Gasteiger partial charge in [-0.05, 0) is 42.8 Å². The van der Waals surface area contributed by atoms with E-state index in [9.17, 15) is 4.79 Å². The van der Waals surface area contributed by atoms with Crippen molar-refractivity contribution in [1.82, 2.24) is 9.88 Å². The molecule has 3 aromatic rings. The van der Waals surface area contributed by atoms with Gasteiger partial charge in [-0.25, -0.2) is 0 Å². The van der Waals surface area contributed by atoms with E-state index < -0.39 is 0 Å². The molecule has 0 spiro atoms. The Labute approximate surface area is 193 Å². The van der Waals surface area contributed by atoms with Gasteiger partial charge in [-0.3, -0.25) is 9.78 Å². The van der Waals surface area contributed by atoms with E-state index in [0.717, 1.165) is 16.9 Å². The Bertz CT molecular complexity index is 1060. The van der Waals surface area contributed by atoms with E-state index in [1.807, 2.05) is 55.5 Å². The number of nitrogens with zero attached hydrogens (tertiary/aromatic N) is 3. The number of hydrogen-bond donors (Lipinski definition) is 1. The van der Waals surface area contributed by atoms with Gasteiger partial charge in [0.15, 0.2) is 12.4 Å². The van der Waals surface area contributed by atoms with Gasteiger partial charge < -0.3 is 24.9 Å². The summed E-state index contributed by atoms with van der Waals surface area (Å²) >= 11 is 0. The molecule has 2 aromatic carbocycles. The molecule has 8 nitrogen and oxygen atoms in total. The smallest absolute Gasteiger partial charge is 0.263 e. The van der Waals surface area contributed by atoms with Gasteiger partial charge in [0.05, 0.1) is 6.61 Å². The Morgan fingerprint density at radius 2 is 1.85 bits per heavy atom. The third-order valence-corrected chi connectivity index (χ3v) is 4.69. The molecular weight excluding hydrogens is 420 g/mol. The number of pyridine rings is 1. The number of amidine groups is 1. The lowest BCUT2D eigenvalue weighted by molar-refractivity contribution is -0.135. The molecule has 33 heavy (non-hydrogen) atoms. The summed E-state index contributed by atoms with van der Waals surface area (Å²) in [7, 11) is 1.71. The second-order valence-corrected chi connectivity index (χ2v) is 7.25. The number of benzene rings is 2. The highest BCUT2D eigenvalue weighted by Gasteiger charge is 2.11. The number of hydrogen-bond acceptors (Lipinski definition) is 6. The van der Waals surface area contributed by atoms with Crippen LogP contribution in [0, 0.1) is 0 Å². The first kappa shape index (κ1) is 23.6. The third kappa shape index (κ3) is 7.53. The lowest BCUT2D eigenvalue weighted by Gasteiger charge is -2.16. The van der Waals surface area contributed by atoms with Gasteiger partial charge >= 0.3 is 0 Å². The van der Waals surface area contributed by atoms with Crippen molar-refractivity contribution in [3.05, 3.63) is 89.7 Å². The summed E-state index contributed by atoms with van der Waals surface area (Å²) in [4.78, 5) is 23.2. The molecule has 8 heteroatoms. The Morgan fingerprint density at radius 1 is 1.03 bits per heavy atom. The first-order valence-electron chi connectivity index (χ1n) is 10.6. The van der Waals surface area contributed by atoms with Crippen LogP contribution < -0.4 is 15.2 Å². The lowest BCUT2D eigenvalue weighted by atomic mass is 10.2. The van der Waals surface area contributed by atoms with Crippen molar-refractivity contribution in [2.75, 3.05) is 20.3 Å². The summed E-state index contributed by atoms with van der Waals surface area (Å²) in [6.07, 6.45) is 3.46. The molecule has 0 aliphatic carbocycles. The van der Waals surface area contributed by atoms with E-state index in [-0.39, 0.29) is 18.3 Å². The molecule has 0 saturated heterocycles. The van der Waals surface area contributed by atoms with Gasteiger partial charge in [0.25, 0.3) is 5.91 Å². The number of ether oxygens (including phenoxy) is 2. The van der Waals surface area contributed by atoms with Crippen molar-refractivity contribution in [2.45, 2.75) is 20.1 Å². The predicted molar refractivity (Wildman–Crippen MR) is 126 cm³/mol. The Balaban J connectivity index is 1.48. The summed E-state index contributed by atoms with van der Waals surface area (Å²) in [6, 6.07) is 18.6. The largest absolute Gasteiger partial charge is 0.494 e. The van der Waals surface area contributed by atoms with Crippen LogP contribution >= 0.6 is 0 Å². The van der Waals surface area contributed by atoms with Crippen molar-refractivity contribution in [2.24, 2.45) is 10.9 Å². The van der Waals surface area contributed by atoms with Crippen LogP contribution in [0.15, 0.2) is 78.2 Å². The van der Waals surface area contributed by atoms with E-state index in [0.29, 0.717) is 31.1 Å². The van der Waals surface area contributed by atoms with E-state index >= 15 is 0 Å². The SMILES string of the molecule is CCOc1ccc(CN(C)C(=O)CO/N=C(/N)c2cccc(OCc3cccnc3)c2)cc1. The summed E-state index contributed by atoms with van der Waals surface area (Å²) < 4.78 is 11.2. The minimum atomic E-state index is -0.217. The first-order valence-corrected chi connectivity index (χ1v) is 10.6. The molecule has 1 amide bonds. The molecule has 0 atom stereocenters. The number of rotatable bonds is 11. The van der Waals surface area contributed by atoms with Gasteiger partial charge in [-0.2, -0.15) is 0 Å². The maximum Gasteiger partial charge on any atom is 0.263 e. The number of carbonyl (C=O) groups is 1. The second-order valence-electron chi connectivity index (χ2n) is 7.25. The molecule has 0 bridgehead atoms. The average molecular weight is 449 g/mol. The Hall–Kier alpha value is -4.07. The molecule has 3 rings (SSSR count). The molecule has 0 aliphatic heterocycles. The Morgan fingerprint density at radius 3 is 2.58 bits per heavy atom. The predicted octanol–water partition coefficient (Wildman–Crippen LogP) is 3.35. The average Bonchev–Trinajstić information content (AvgIpc) is 2.84. The van der Waals surface area contributed by atoms with Gasteiger partial charge in [-0.15, -0.1) is 0 Å². The number of aromatic nitrogens is 1. The van der Waals surface area contributed by atoms with Crippen molar-refractivity contribution in [3.8, 4) is 11.5 Å². The van der Waals surface area contributed by atoms with E-state index in [1.54, 1.807) is 36.5 Å². The zero-order chi connectivity index (χ0) is 23.5. The highest BCUT2D eigenvalue weighted by molar-refractivity contribution is 5.97. The number of carbonyl (C=O) groups excluding carboxylic acids is 1. The lowest BCUT2D eigenvalue weighted by Crippen LogP contribution is -2.29. The fourth-order valence-electron chi connectivity index (χ4n) is 2.94. The standard InChI is InChI=1S/C25H28N4O4/c1-3-31-22-11-9-19(10-12-22)16-29(2)24(30)18-33-28-25(26)21-7-4-8-23(14-21)32-17-20-6-5-13-27-15-20/h4-15H,3,16-18H2,1-2H3,(H2,26,28). The van der Waals surface area contributed by atoms with Gasteiger partial charge in [0.1, 0.15) is 18.1 Å². The van der Waals surface area contributed by atoms with Crippen LogP contribution in [0.25, 0.3) is 0 Å². The normalized spacial score (nSPS) is 11.0. The number of likely N-dealkylation sites (N-methyl/N-ethyl adjacent to an activating group) is 1. The molecule has 1 heterocycles. The highest BCUT2D eigenvalue weighted by Crippen LogP contribution is 2.15. The van der Waals surface area contributed by atoms with Crippen LogP contribution in [-0.4, -0.2) is 41.9 Å². The van der Waals surface area contributed by atoms with Crippen LogP contribution in [0.4, 0.5) is 0 Å². The van der Waals surface area contributed by atoms with Gasteiger partial charge in [0, 0.05) is 37.1 Å². The van der Waals surface area contributed by atoms with Crippen molar-refractivity contribution < 1.29 is 19.1 Å². The van der Waals surface area contributed by atoms with Crippen molar-refractivity contribution in [3.63, 3.8) is 0 Å². The molecule has 2 N–H and O–H groups in total. The summed E-state index contributed by atoms with van der Waals surface area (Å²) in [5.74, 6) is 1.38. The molecule has 0 fully saturated rings. The number of amides is 1. The van der Waals surface area contributed by atoms with Crippen molar-refractivity contribution >= 4 is 11.7 Å². The monoisotopic (exact) mass is 448 g/mol. The fraction of sp³-hybridized carbons (Fsp3) is 0.240. The molecule has 1 aromatic heterocycles. The van der Waals surface area contributed by atoms with E-state index in [4.69, 9.17) is 20.0 Å². The third-order valence-electron chi connectivity index (χ3n) is 4.69. The number of oxime groups is 1. The van der Waals surface area contributed by atoms with Crippen molar-refractivity contribution in [1.29, 1.82) is 0 Å². The van der Waals surface area contributed by atoms with Gasteiger partial charge in [0.2, 0.25) is 0 Å². The topological polar surface area (TPSA) is 99.3 Å². The molecule has 172 valence electrons. The quantitative estimate of drug-likeness (QED) is 0.274. The highest BCUT2D eigenvalue weighted by atomic mass is 16.6. The molecule has 0 aliphatic rings. The molecule has 0 radical (unpaired) electrons. The minimum absolute atomic E-state index is 0.156. The maximum atomic E-state index is 12.3. The molecule has 0 saturated carbocycles. The summed E-state index contributed by atoms with van der Waals surface area (Å²) in [5, 5.41) is 3.88. The maximum absolute atomic E-state index is 12.3.